The Morgan fingerprint density at radius 1 is 1.08 bits per heavy atom. The van der Waals surface area contributed by atoms with Gasteiger partial charge in [0.15, 0.2) is 6.29 Å². The molecule has 1 heterocycles. The maximum Gasteiger partial charge on any atom is 0.255 e. The minimum absolute atomic E-state index is 0.00624. The standard InChI is InChI=1S/C19H21NO4/c1-12-4-5-14(10-13(12)2)18(22)20-16-11-15(6-7-17(16)21)19-23-8-3-9-24-19/h4-7,10-11,19,21H,3,8-9H2,1-2H3,(H,20,22). The Kier molecular flexibility index (Phi) is 4.83. The third-order valence-corrected chi connectivity index (χ3v) is 4.14. The molecule has 0 aliphatic carbocycles. The molecule has 0 radical (unpaired) electrons. The highest BCUT2D eigenvalue weighted by atomic mass is 16.7. The van der Waals surface area contributed by atoms with Crippen LogP contribution in [0.1, 0.15) is 39.8 Å². The van der Waals surface area contributed by atoms with Gasteiger partial charge in [-0.1, -0.05) is 12.1 Å². The summed E-state index contributed by atoms with van der Waals surface area (Å²) in [5, 5.41) is 12.8. The highest BCUT2D eigenvalue weighted by Gasteiger charge is 2.19. The zero-order valence-electron chi connectivity index (χ0n) is 13.8. The molecule has 2 aromatic rings. The highest BCUT2D eigenvalue weighted by molar-refractivity contribution is 6.05. The summed E-state index contributed by atoms with van der Waals surface area (Å²) in [5.74, 6) is -0.261. The zero-order chi connectivity index (χ0) is 17.1. The van der Waals surface area contributed by atoms with Crippen LogP contribution in [0.5, 0.6) is 5.75 Å². The van der Waals surface area contributed by atoms with E-state index in [-0.39, 0.29) is 11.7 Å². The SMILES string of the molecule is Cc1ccc(C(=O)Nc2cc(C3OCCCO3)ccc2O)cc1C. The van der Waals surface area contributed by atoms with E-state index in [9.17, 15) is 9.90 Å². The number of aromatic hydroxyl groups is 1. The van der Waals surface area contributed by atoms with Gasteiger partial charge in [0.25, 0.3) is 5.91 Å². The minimum Gasteiger partial charge on any atom is -0.506 e. The largest absolute Gasteiger partial charge is 0.506 e. The van der Waals surface area contributed by atoms with Crippen molar-refractivity contribution in [1.82, 2.24) is 0 Å². The fraction of sp³-hybridized carbons (Fsp3) is 0.316. The van der Waals surface area contributed by atoms with Crippen molar-refractivity contribution < 1.29 is 19.4 Å². The van der Waals surface area contributed by atoms with Crippen LogP contribution in [0.3, 0.4) is 0 Å². The van der Waals surface area contributed by atoms with Gasteiger partial charge in [0.05, 0.1) is 18.9 Å². The quantitative estimate of drug-likeness (QED) is 0.844. The smallest absolute Gasteiger partial charge is 0.255 e. The van der Waals surface area contributed by atoms with Gasteiger partial charge in [0, 0.05) is 11.1 Å². The van der Waals surface area contributed by atoms with Crippen molar-refractivity contribution in [3.63, 3.8) is 0 Å². The summed E-state index contributed by atoms with van der Waals surface area (Å²) in [5.41, 5.74) is 3.83. The molecule has 1 aliphatic heterocycles. The van der Waals surface area contributed by atoms with Crippen molar-refractivity contribution in [3.8, 4) is 5.75 Å². The molecule has 3 rings (SSSR count). The minimum atomic E-state index is -0.461. The second kappa shape index (κ2) is 7.03. The van der Waals surface area contributed by atoms with Crippen molar-refractivity contribution in [2.24, 2.45) is 0 Å². The summed E-state index contributed by atoms with van der Waals surface area (Å²) in [4.78, 5) is 12.4. The van der Waals surface area contributed by atoms with Gasteiger partial charge in [-0.15, -0.1) is 0 Å². The topological polar surface area (TPSA) is 67.8 Å². The monoisotopic (exact) mass is 327 g/mol. The normalized spacial score (nSPS) is 15.2. The zero-order valence-corrected chi connectivity index (χ0v) is 13.8. The van der Waals surface area contributed by atoms with E-state index in [1.807, 2.05) is 26.0 Å². The fourth-order valence-electron chi connectivity index (χ4n) is 2.56. The van der Waals surface area contributed by atoms with E-state index in [1.54, 1.807) is 18.2 Å². The lowest BCUT2D eigenvalue weighted by molar-refractivity contribution is -0.183. The third-order valence-electron chi connectivity index (χ3n) is 4.14. The number of amides is 1. The number of rotatable bonds is 3. The van der Waals surface area contributed by atoms with Crippen LogP contribution >= 0.6 is 0 Å². The van der Waals surface area contributed by atoms with E-state index in [1.165, 1.54) is 6.07 Å². The molecule has 1 aliphatic rings. The van der Waals surface area contributed by atoms with Crippen LogP contribution in [-0.2, 0) is 9.47 Å². The van der Waals surface area contributed by atoms with Crippen molar-refractivity contribution >= 4 is 11.6 Å². The lowest BCUT2D eigenvalue weighted by Gasteiger charge is -2.24. The maximum atomic E-state index is 12.4. The summed E-state index contributed by atoms with van der Waals surface area (Å²) in [7, 11) is 0. The number of benzene rings is 2. The molecule has 24 heavy (non-hydrogen) atoms. The first-order valence-electron chi connectivity index (χ1n) is 7.99. The molecule has 0 saturated carbocycles. The molecule has 1 amide bonds. The number of nitrogens with one attached hydrogen (secondary N) is 1. The molecule has 1 fully saturated rings. The van der Waals surface area contributed by atoms with Crippen LogP contribution in [0, 0.1) is 13.8 Å². The van der Waals surface area contributed by atoms with Crippen LogP contribution < -0.4 is 5.32 Å². The van der Waals surface area contributed by atoms with Crippen LogP contribution in [0.15, 0.2) is 36.4 Å². The number of hydrogen-bond donors (Lipinski definition) is 2. The summed E-state index contributed by atoms with van der Waals surface area (Å²) < 4.78 is 11.1. The van der Waals surface area contributed by atoms with Crippen molar-refractivity contribution in [3.05, 3.63) is 58.7 Å². The van der Waals surface area contributed by atoms with Crippen LogP contribution in [-0.4, -0.2) is 24.2 Å². The second-order valence-corrected chi connectivity index (χ2v) is 5.96. The lowest BCUT2D eigenvalue weighted by Crippen LogP contribution is -2.18. The van der Waals surface area contributed by atoms with Gasteiger partial charge in [-0.3, -0.25) is 4.79 Å². The van der Waals surface area contributed by atoms with Crippen LogP contribution in [0.2, 0.25) is 0 Å². The van der Waals surface area contributed by atoms with E-state index in [0.717, 1.165) is 23.1 Å². The number of carbonyl (C=O) groups excluding carboxylic acids is 1. The average molecular weight is 327 g/mol. The Morgan fingerprint density at radius 3 is 2.54 bits per heavy atom. The van der Waals surface area contributed by atoms with E-state index >= 15 is 0 Å². The molecule has 0 aromatic heterocycles. The number of phenols is 1. The molecule has 0 spiro atoms. The van der Waals surface area contributed by atoms with Gasteiger partial charge in [-0.25, -0.2) is 0 Å². The van der Waals surface area contributed by atoms with Gasteiger partial charge in [0.2, 0.25) is 0 Å². The fourth-order valence-corrected chi connectivity index (χ4v) is 2.56. The summed E-state index contributed by atoms with van der Waals surface area (Å²) in [6.07, 6.45) is 0.405. The van der Waals surface area contributed by atoms with Crippen molar-refractivity contribution in [1.29, 1.82) is 0 Å². The second-order valence-electron chi connectivity index (χ2n) is 5.96. The number of anilines is 1. The first-order valence-corrected chi connectivity index (χ1v) is 7.99. The van der Waals surface area contributed by atoms with Crippen molar-refractivity contribution in [2.45, 2.75) is 26.6 Å². The number of aryl methyl sites for hydroxylation is 2. The number of hydrogen-bond acceptors (Lipinski definition) is 4. The Labute approximate surface area is 141 Å². The van der Waals surface area contributed by atoms with E-state index < -0.39 is 6.29 Å². The highest BCUT2D eigenvalue weighted by Crippen LogP contribution is 2.30. The third kappa shape index (κ3) is 3.58. The Morgan fingerprint density at radius 2 is 1.83 bits per heavy atom. The van der Waals surface area contributed by atoms with Gasteiger partial charge in [-0.05, 0) is 55.7 Å². The molecule has 0 bridgehead atoms. The molecule has 2 N–H and O–H groups in total. The molecular formula is C19H21NO4. The van der Waals surface area contributed by atoms with E-state index in [0.29, 0.717) is 24.5 Å². The van der Waals surface area contributed by atoms with Crippen LogP contribution in [0.4, 0.5) is 5.69 Å². The Balaban J connectivity index is 1.80. The molecule has 0 atom stereocenters. The molecule has 2 aromatic carbocycles. The maximum absolute atomic E-state index is 12.4. The van der Waals surface area contributed by atoms with Gasteiger partial charge >= 0.3 is 0 Å². The lowest BCUT2D eigenvalue weighted by atomic mass is 10.1. The van der Waals surface area contributed by atoms with E-state index in [2.05, 4.69) is 5.32 Å². The average Bonchev–Trinajstić information content (AvgIpc) is 2.60. The van der Waals surface area contributed by atoms with Crippen molar-refractivity contribution in [2.75, 3.05) is 18.5 Å². The first-order chi connectivity index (χ1) is 11.5. The number of ether oxygens (including phenoxy) is 2. The predicted octanol–water partition coefficient (Wildman–Crippen LogP) is 3.70. The molecule has 5 heteroatoms. The summed E-state index contributed by atoms with van der Waals surface area (Å²) in [6.45, 7) is 5.23. The van der Waals surface area contributed by atoms with Crippen LogP contribution in [0.25, 0.3) is 0 Å². The Hall–Kier alpha value is -2.37. The molecule has 126 valence electrons. The van der Waals surface area contributed by atoms with E-state index in [4.69, 9.17) is 9.47 Å². The molecular weight excluding hydrogens is 306 g/mol. The molecule has 0 unspecified atom stereocenters. The molecule has 1 saturated heterocycles. The predicted molar refractivity (Wildman–Crippen MR) is 91.2 cm³/mol. The van der Waals surface area contributed by atoms with Gasteiger partial charge in [-0.2, -0.15) is 0 Å². The van der Waals surface area contributed by atoms with Gasteiger partial charge < -0.3 is 19.9 Å². The number of phenolic OH excluding ortho intramolecular Hbond substituents is 1. The van der Waals surface area contributed by atoms with Gasteiger partial charge in [0.1, 0.15) is 5.75 Å². The summed E-state index contributed by atoms with van der Waals surface area (Å²) >= 11 is 0. The summed E-state index contributed by atoms with van der Waals surface area (Å²) in [6, 6.07) is 10.5. The first kappa shape index (κ1) is 16.5. The molecule has 5 nitrogen and oxygen atoms in total. The Bertz CT molecular complexity index is 751. The number of carbonyl (C=O) groups is 1.